The van der Waals surface area contributed by atoms with E-state index < -0.39 is 10.0 Å². The molecule has 7 heteroatoms. The largest absolute Gasteiger partial charge is 0.348 e. The molecule has 6 nitrogen and oxygen atoms in total. The van der Waals surface area contributed by atoms with E-state index in [-0.39, 0.29) is 11.9 Å². The number of amides is 1. The molecule has 30 heavy (non-hydrogen) atoms. The van der Waals surface area contributed by atoms with Crippen molar-refractivity contribution in [1.82, 2.24) is 10.2 Å². The van der Waals surface area contributed by atoms with Crippen LogP contribution in [0.2, 0.25) is 0 Å². The van der Waals surface area contributed by atoms with E-state index in [1.54, 1.807) is 12.1 Å². The average molecular weight is 428 g/mol. The SMILES string of the molecule is C[C@@H]1Cc2cc(C(=O)NCc3ccccc3CN3CCCC3)ccc2N1S(C)(=O)=O. The summed E-state index contributed by atoms with van der Waals surface area (Å²) in [5.74, 6) is -0.140. The van der Waals surface area contributed by atoms with Crippen molar-refractivity contribution in [1.29, 1.82) is 0 Å². The molecule has 1 saturated heterocycles. The molecule has 1 amide bonds. The van der Waals surface area contributed by atoms with Crippen molar-refractivity contribution in [3.63, 3.8) is 0 Å². The maximum atomic E-state index is 12.8. The quantitative estimate of drug-likeness (QED) is 0.770. The predicted molar refractivity (Wildman–Crippen MR) is 119 cm³/mol. The van der Waals surface area contributed by atoms with Crippen LogP contribution in [0.15, 0.2) is 42.5 Å². The zero-order valence-corrected chi connectivity index (χ0v) is 18.4. The highest BCUT2D eigenvalue weighted by Crippen LogP contribution is 2.34. The van der Waals surface area contributed by atoms with Crippen LogP contribution in [0.5, 0.6) is 0 Å². The maximum absolute atomic E-state index is 12.8. The van der Waals surface area contributed by atoms with Gasteiger partial charge in [-0.25, -0.2) is 8.42 Å². The van der Waals surface area contributed by atoms with Gasteiger partial charge in [0.05, 0.1) is 11.9 Å². The van der Waals surface area contributed by atoms with Crippen molar-refractivity contribution in [2.75, 3.05) is 23.7 Å². The Morgan fingerprint density at radius 2 is 1.80 bits per heavy atom. The van der Waals surface area contributed by atoms with Crippen LogP contribution in [0.1, 0.15) is 46.8 Å². The smallest absolute Gasteiger partial charge is 0.251 e. The number of hydrogen-bond acceptors (Lipinski definition) is 4. The lowest BCUT2D eigenvalue weighted by Gasteiger charge is -2.22. The fraction of sp³-hybridized carbons (Fsp3) is 0.435. The van der Waals surface area contributed by atoms with Crippen molar-refractivity contribution in [3.8, 4) is 0 Å². The summed E-state index contributed by atoms with van der Waals surface area (Å²) in [5.41, 5.74) is 4.53. The topological polar surface area (TPSA) is 69.7 Å². The molecule has 1 fully saturated rings. The zero-order chi connectivity index (χ0) is 21.3. The van der Waals surface area contributed by atoms with Gasteiger partial charge in [0.25, 0.3) is 5.91 Å². The summed E-state index contributed by atoms with van der Waals surface area (Å²) in [7, 11) is -3.33. The lowest BCUT2D eigenvalue weighted by atomic mass is 10.1. The lowest BCUT2D eigenvalue weighted by Crippen LogP contribution is -2.34. The van der Waals surface area contributed by atoms with Crippen LogP contribution < -0.4 is 9.62 Å². The molecule has 0 spiro atoms. The van der Waals surface area contributed by atoms with Gasteiger partial charge in [-0.1, -0.05) is 24.3 Å². The van der Waals surface area contributed by atoms with Gasteiger partial charge in [-0.2, -0.15) is 0 Å². The molecule has 0 aromatic heterocycles. The number of benzene rings is 2. The molecule has 0 unspecified atom stereocenters. The van der Waals surface area contributed by atoms with E-state index in [0.29, 0.717) is 24.2 Å². The first-order chi connectivity index (χ1) is 14.3. The molecule has 0 bridgehead atoms. The van der Waals surface area contributed by atoms with Crippen LogP contribution in [0.3, 0.4) is 0 Å². The fourth-order valence-corrected chi connectivity index (χ4v) is 5.86. The highest BCUT2D eigenvalue weighted by Gasteiger charge is 2.32. The molecule has 160 valence electrons. The second-order valence-corrected chi connectivity index (χ2v) is 10.2. The number of carbonyl (C=O) groups is 1. The summed E-state index contributed by atoms with van der Waals surface area (Å²) in [6, 6.07) is 13.4. The van der Waals surface area contributed by atoms with Crippen LogP contribution in [0, 0.1) is 0 Å². The third-order valence-corrected chi connectivity index (χ3v) is 7.27. The van der Waals surface area contributed by atoms with Crippen LogP contribution in [0.25, 0.3) is 0 Å². The summed E-state index contributed by atoms with van der Waals surface area (Å²) >= 11 is 0. The van der Waals surface area contributed by atoms with E-state index in [4.69, 9.17) is 0 Å². The van der Waals surface area contributed by atoms with Crippen molar-refractivity contribution >= 4 is 21.6 Å². The van der Waals surface area contributed by atoms with E-state index >= 15 is 0 Å². The molecule has 2 aromatic carbocycles. The van der Waals surface area contributed by atoms with Gasteiger partial charge in [-0.3, -0.25) is 14.0 Å². The van der Waals surface area contributed by atoms with Gasteiger partial charge in [-0.15, -0.1) is 0 Å². The summed E-state index contributed by atoms with van der Waals surface area (Å²) < 4.78 is 25.6. The number of rotatable bonds is 6. The first-order valence-corrected chi connectivity index (χ1v) is 12.4. The number of nitrogens with zero attached hydrogens (tertiary/aromatic N) is 2. The molecule has 4 rings (SSSR count). The van der Waals surface area contributed by atoms with E-state index in [9.17, 15) is 13.2 Å². The summed E-state index contributed by atoms with van der Waals surface area (Å²) in [6.07, 6.45) is 4.35. The number of anilines is 1. The third kappa shape index (κ3) is 4.37. The number of hydrogen-bond donors (Lipinski definition) is 1. The van der Waals surface area contributed by atoms with Gasteiger partial charge in [0.1, 0.15) is 0 Å². The Morgan fingerprint density at radius 3 is 2.50 bits per heavy atom. The van der Waals surface area contributed by atoms with Crippen LogP contribution >= 0.6 is 0 Å². The molecule has 0 saturated carbocycles. The summed E-state index contributed by atoms with van der Waals surface area (Å²) in [4.78, 5) is 15.2. The van der Waals surface area contributed by atoms with Crippen LogP contribution in [-0.4, -0.2) is 44.6 Å². The number of likely N-dealkylation sites (tertiary alicyclic amines) is 1. The molecule has 2 heterocycles. The number of sulfonamides is 1. The monoisotopic (exact) mass is 427 g/mol. The number of fused-ring (bicyclic) bond motifs is 1. The number of carbonyl (C=O) groups excluding carboxylic acids is 1. The minimum atomic E-state index is -3.33. The minimum Gasteiger partial charge on any atom is -0.348 e. The van der Waals surface area contributed by atoms with Crippen molar-refractivity contribution in [3.05, 3.63) is 64.7 Å². The highest BCUT2D eigenvalue weighted by molar-refractivity contribution is 7.92. The van der Waals surface area contributed by atoms with Gasteiger partial charge in [-0.05, 0) is 74.2 Å². The van der Waals surface area contributed by atoms with Gasteiger partial charge >= 0.3 is 0 Å². The van der Waals surface area contributed by atoms with E-state index in [0.717, 1.165) is 30.8 Å². The Bertz CT molecular complexity index is 1050. The zero-order valence-electron chi connectivity index (χ0n) is 17.6. The Morgan fingerprint density at radius 1 is 1.10 bits per heavy atom. The summed E-state index contributed by atoms with van der Waals surface area (Å²) in [6.45, 7) is 5.56. The normalized spacial score (nSPS) is 19.1. The molecular formula is C23H29N3O3S. The number of nitrogens with one attached hydrogen (secondary N) is 1. The van der Waals surface area contributed by atoms with Gasteiger partial charge in [0.15, 0.2) is 0 Å². The van der Waals surface area contributed by atoms with Crippen molar-refractivity contribution in [2.45, 2.75) is 45.3 Å². The molecule has 0 aliphatic carbocycles. The first kappa shape index (κ1) is 20.9. The second-order valence-electron chi connectivity index (χ2n) is 8.39. The minimum absolute atomic E-state index is 0.134. The van der Waals surface area contributed by atoms with Gasteiger partial charge < -0.3 is 5.32 Å². The molecule has 2 aliphatic heterocycles. The van der Waals surface area contributed by atoms with Crippen LogP contribution in [-0.2, 0) is 29.5 Å². The van der Waals surface area contributed by atoms with Crippen LogP contribution in [0.4, 0.5) is 5.69 Å². The van der Waals surface area contributed by atoms with Crippen molar-refractivity contribution < 1.29 is 13.2 Å². The Kier molecular flexibility index (Phi) is 5.84. The average Bonchev–Trinajstić information content (AvgIpc) is 3.32. The summed E-state index contributed by atoms with van der Waals surface area (Å²) in [5, 5.41) is 3.04. The highest BCUT2D eigenvalue weighted by atomic mass is 32.2. The molecular weight excluding hydrogens is 398 g/mol. The Balaban J connectivity index is 1.45. The predicted octanol–water partition coefficient (Wildman–Crippen LogP) is 2.92. The molecule has 1 atom stereocenters. The Labute approximate surface area is 178 Å². The van der Waals surface area contributed by atoms with E-state index in [1.807, 2.05) is 25.1 Å². The first-order valence-electron chi connectivity index (χ1n) is 10.5. The van der Waals surface area contributed by atoms with Gasteiger partial charge in [0.2, 0.25) is 10.0 Å². The maximum Gasteiger partial charge on any atom is 0.251 e. The molecule has 1 N–H and O–H groups in total. The third-order valence-electron chi connectivity index (χ3n) is 6.00. The van der Waals surface area contributed by atoms with Gasteiger partial charge in [0, 0.05) is 24.7 Å². The fourth-order valence-electron chi connectivity index (χ4n) is 4.59. The standard InChI is InChI=1S/C23H29N3O3S/c1-17-13-21-14-18(9-10-22(21)26(17)30(2,28)29)23(27)24-15-19-7-3-4-8-20(19)16-25-11-5-6-12-25/h3-4,7-10,14,17H,5-6,11-13,15-16H2,1-2H3,(H,24,27)/t17-/m1/s1. The second kappa shape index (κ2) is 8.40. The molecule has 2 aliphatic rings. The molecule has 0 radical (unpaired) electrons. The van der Waals surface area contributed by atoms with E-state index in [1.165, 1.54) is 29.0 Å². The lowest BCUT2D eigenvalue weighted by molar-refractivity contribution is 0.0950. The Hall–Kier alpha value is -2.38. The van der Waals surface area contributed by atoms with E-state index in [2.05, 4.69) is 22.3 Å². The molecule has 2 aromatic rings. The van der Waals surface area contributed by atoms with Crippen molar-refractivity contribution in [2.24, 2.45) is 0 Å².